The van der Waals surface area contributed by atoms with Crippen molar-refractivity contribution in [3.8, 4) is 0 Å². The van der Waals surface area contributed by atoms with Crippen LogP contribution < -0.4 is 0 Å². The fourth-order valence-electron chi connectivity index (χ4n) is 3.51. The molecule has 1 aromatic heterocycles. The zero-order valence-electron chi connectivity index (χ0n) is 17.8. The van der Waals surface area contributed by atoms with Crippen LogP contribution in [-0.4, -0.2) is 23.0 Å². The minimum absolute atomic E-state index is 0.141. The first-order valence-corrected chi connectivity index (χ1v) is 15.0. The highest BCUT2D eigenvalue weighted by Gasteiger charge is 2.39. The molecule has 0 aliphatic carbocycles. The van der Waals surface area contributed by atoms with Crippen LogP contribution in [0, 0.1) is 6.92 Å². The SMILES string of the molecule is CCSC(CCC(SCC)(SCC)c1cccs1)(SCC)c1ccc(C)cc1. The van der Waals surface area contributed by atoms with Gasteiger partial charge in [0.1, 0.15) is 0 Å². The molecule has 0 radical (unpaired) electrons. The van der Waals surface area contributed by atoms with Crippen molar-refractivity contribution in [2.75, 3.05) is 23.0 Å². The molecule has 5 heteroatoms. The van der Waals surface area contributed by atoms with Crippen LogP contribution in [0.4, 0.5) is 0 Å². The summed E-state index contributed by atoms with van der Waals surface area (Å²) in [6.45, 7) is 11.4. The van der Waals surface area contributed by atoms with E-state index in [1.54, 1.807) is 0 Å². The molecule has 1 heterocycles. The van der Waals surface area contributed by atoms with Crippen molar-refractivity contribution in [1.82, 2.24) is 0 Å². The van der Waals surface area contributed by atoms with Gasteiger partial charge in [-0.2, -0.15) is 0 Å². The number of benzene rings is 1. The third-order valence-electron chi connectivity index (χ3n) is 4.68. The van der Waals surface area contributed by atoms with Crippen molar-refractivity contribution in [3.05, 3.63) is 57.8 Å². The van der Waals surface area contributed by atoms with Gasteiger partial charge < -0.3 is 0 Å². The first kappa shape index (κ1) is 24.6. The summed E-state index contributed by atoms with van der Waals surface area (Å²) < 4.78 is 0.318. The quantitative estimate of drug-likeness (QED) is 0.268. The maximum Gasteiger partial charge on any atom is 0.0952 e. The maximum absolute atomic E-state index is 2.37. The second kappa shape index (κ2) is 12.2. The van der Waals surface area contributed by atoms with E-state index in [0.717, 1.165) is 23.0 Å². The summed E-state index contributed by atoms with van der Waals surface area (Å²) in [6, 6.07) is 13.9. The largest absolute Gasteiger partial charge is 0.147 e. The number of hydrogen-bond donors (Lipinski definition) is 0. The van der Waals surface area contributed by atoms with E-state index in [2.05, 4.69) is 123 Å². The first-order chi connectivity index (χ1) is 13.6. The molecule has 0 fully saturated rings. The molecule has 2 rings (SSSR count). The molecule has 28 heavy (non-hydrogen) atoms. The molecule has 1 aromatic carbocycles. The third-order valence-corrected chi connectivity index (χ3v) is 12.1. The highest BCUT2D eigenvalue weighted by molar-refractivity contribution is 8.18. The fourth-order valence-corrected chi connectivity index (χ4v) is 10.9. The van der Waals surface area contributed by atoms with Gasteiger partial charge in [-0.05, 0) is 59.8 Å². The minimum atomic E-state index is 0.141. The van der Waals surface area contributed by atoms with E-state index >= 15 is 0 Å². The molecular weight excluding hydrogens is 437 g/mol. The van der Waals surface area contributed by atoms with E-state index in [1.807, 2.05) is 11.3 Å². The molecule has 0 unspecified atom stereocenters. The molecule has 0 nitrogen and oxygen atoms in total. The van der Waals surface area contributed by atoms with Crippen molar-refractivity contribution < 1.29 is 0 Å². The molecule has 0 saturated heterocycles. The number of aryl methyl sites for hydroxylation is 1. The summed E-state index contributed by atoms with van der Waals surface area (Å²) in [4.78, 5) is 1.53. The van der Waals surface area contributed by atoms with Crippen LogP contribution >= 0.6 is 58.4 Å². The Morgan fingerprint density at radius 3 is 1.68 bits per heavy atom. The maximum atomic E-state index is 2.37. The summed E-state index contributed by atoms with van der Waals surface area (Å²) in [5.74, 6) is 4.61. The van der Waals surface area contributed by atoms with Crippen LogP contribution in [0.1, 0.15) is 56.5 Å². The van der Waals surface area contributed by atoms with Gasteiger partial charge in [-0.25, -0.2) is 0 Å². The summed E-state index contributed by atoms with van der Waals surface area (Å²) in [6.07, 6.45) is 2.41. The standard InChI is InChI=1S/C23H34S5/c1-6-25-22(26-7-2,20-14-12-19(5)13-15-20)16-17-23(27-8-3,28-9-4)21-11-10-18-24-21/h10-15,18H,6-9,16-17H2,1-5H3. The molecule has 0 saturated carbocycles. The highest BCUT2D eigenvalue weighted by Crippen LogP contribution is 2.57. The topological polar surface area (TPSA) is 0 Å². The van der Waals surface area contributed by atoms with Crippen molar-refractivity contribution in [2.45, 2.75) is 55.6 Å². The summed E-state index contributed by atoms with van der Waals surface area (Å²) in [5.41, 5.74) is 2.83. The molecular formula is C23H34S5. The van der Waals surface area contributed by atoms with Gasteiger partial charge in [0.05, 0.1) is 8.16 Å². The molecule has 0 aliphatic heterocycles. The van der Waals surface area contributed by atoms with E-state index < -0.39 is 0 Å². The third kappa shape index (κ3) is 6.16. The van der Waals surface area contributed by atoms with E-state index in [1.165, 1.54) is 28.8 Å². The second-order valence-corrected chi connectivity index (χ2v) is 14.3. The van der Waals surface area contributed by atoms with Gasteiger partial charge in [0, 0.05) is 4.88 Å². The number of thiophene rings is 1. The molecule has 0 amide bonds. The summed E-state index contributed by atoms with van der Waals surface area (Å²) in [7, 11) is 0. The predicted molar refractivity (Wildman–Crippen MR) is 141 cm³/mol. The Morgan fingerprint density at radius 1 is 0.714 bits per heavy atom. The van der Waals surface area contributed by atoms with E-state index in [9.17, 15) is 0 Å². The lowest BCUT2D eigenvalue weighted by molar-refractivity contribution is 0.657. The minimum Gasteiger partial charge on any atom is -0.147 e. The van der Waals surface area contributed by atoms with Gasteiger partial charge in [0.15, 0.2) is 0 Å². The Morgan fingerprint density at radius 2 is 1.21 bits per heavy atom. The van der Waals surface area contributed by atoms with E-state index in [4.69, 9.17) is 0 Å². The van der Waals surface area contributed by atoms with Crippen molar-refractivity contribution in [3.63, 3.8) is 0 Å². The molecule has 0 bridgehead atoms. The Hall–Kier alpha value is 0.320. The van der Waals surface area contributed by atoms with Gasteiger partial charge in [-0.1, -0.05) is 63.6 Å². The van der Waals surface area contributed by atoms with Crippen LogP contribution in [0.3, 0.4) is 0 Å². The molecule has 2 aromatic rings. The van der Waals surface area contributed by atoms with Crippen LogP contribution in [0.25, 0.3) is 0 Å². The summed E-state index contributed by atoms with van der Waals surface area (Å²) >= 11 is 10.5. The van der Waals surface area contributed by atoms with Crippen molar-refractivity contribution >= 4 is 58.4 Å². The fraction of sp³-hybridized carbons (Fsp3) is 0.565. The average molecular weight is 471 g/mol. The molecule has 0 atom stereocenters. The average Bonchev–Trinajstić information content (AvgIpc) is 3.22. The zero-order valence-corrected chi connectivity index (χ0v) is 21.9. The van der Waals surface area contributed by atoms with Crippen LogP contribution in [0.15, 0.2) is 41.8 Å². The van der Waals surface area contributed by atoms with Crippen molar-refractivity contribution in [2.24, 2.45) is 0 Å². The monoisotopic (exact) mass is 470 g/mol. The van der Waals surface area contributed by atoms with Crippen LogP contribution in [-0.2, 0) is 8.16 Å². The number of hydrogen-bond acceptors (Lipinski definition) is 5. The Kier molecular flexibility index (Phi) is 10.7. The lowest BCUT2D eigenvalue weighted by Crippen LogP contribution is -2.25. The first-order valence-electron chi connectivity index (χ1n) is 10.2. The number of thioether (sulfide) groups is 4. The number of rotatable bonds is 13. The van der Waals surface area contributed by atoms with Crippen LogP contribution in [0.5, 0.6) is 0 Å². The van der Waals surface area contributed by atoms with Gasteiger partial charge >= 0.3 is 0 Å². The van der Waals surface area contributed by atoms with E-state index in [0.29, 0.717) is 0 Å². The summed E-state index contributed by atoms with van der Waals surface area (Å²) in [5, 5.41) is 2.24. The van der Waals surface area contributed by atoms with E-state index in [-0.39, 0.29) is 8.16 Å². The smallest absolute Gasteiger partial charge is 0.0952 e. The van der Waals surface area contributed by atoms with Crippen LogP contribution in [0.2, 0.25) is 0 Å². The molecule has 0 N–H and O–H groups in total. The highest BCUT2D eigenvalue weighted by atomic mass is 32.2. The second-order valence-electron chi connectivity index (χ2n) is 6.58. The molecule has 156 valence electrons. The van der Waals surface area contributed by atoms with Gasteiger partial charge in [-0.15, -0.1) is 58.4 Å². The Bertz CT molecular complexity index is 651. The Balaban J connectivity index is 2.39. The Labute approximate surface area is 193 Å². The van der Waals surface area contributed by atoms with Gasteiger partial charge in [0.25, 0.3) is 0 Å². The van der Waals surface area contributed by atoms with Gasteiger partial charge in [0.2, 0.25) is 0 Å². The van der Waals surface area contributed by atoms with Gasteiger partial charge in [-0.3, -0.25) is 0 Å². The molecule has 0 aliphatic rings. The molecule has 0 spiro atoms. The lowest BCUT2D eigenvalue weighted by atomic mass is 10.0. The predicted octanol–water partition coefficient (Wildman–Crippen LogP) is 8.85. The zero-order chi connectivity index (χ0) is 20.5. The van der Waals surface area contributed by atoms with Crippen molar-refractivity contribution in [1.29, 1.82) is 0 Å². The normalized spacial score (nSPS) is 12.5. The lowest BCUT2D eigenvalue weighted by Gasteiger charge is -2.38.